The highest BCUT2D eigenvalue weighted by Gasteiger charge is 2.05. The Morgan fingerprint density at radius 1 is 1.17 bits per heavy atom. The fourth-order valence-corrected chi connectivity index (χ4v) is 0.985. The van der Waals surface area contributed by atoms with Crippen LogP contribution in [0.25, 0.3) is 0 Å². The summed E-state index contributed by atoms with van der Waals surface area (Å²) in [5.41, 5.74) is 0.710. The molecule has 3 N–H and O–H groups in total. The summed E-state index contributed by atoms with van der Waals surface area (Å²) in [5.74, 6) is 0.176. The van der Waals surface area contributed by atoms with E-state index in [1.165, 1.54) is 12.1 Å². The second-order valence-corrected chi connectivity index (χ2v) is 2.62. The van der Waals surface area contributed by atoms with Gasteiger partial charge in [-0.15, -0.1) is 0 Å². The van der Waals surface area contributed by atoms with Crippen LogP contribution in [0, 0.1) is 0 Å². The average molecular weight is 168 g/mol. The van der Waals surface area contributed by atoms with Crippen LogP contribution in [0.4, 0.5) is 0 Å². The molecule has 0 heterocycles. The van der Waals surface area contributed by atoms with E-state index in [1.807, 2.05) is 0 Å². The third kappa shape index (κ3) is 2.22. The molecule has 0 aliphatic rings. The van der Waals surface area contributed by atoms with E-state index >= 15 is 0 Å². The molecule has 0 radical (unpaired) electrons. The summed E-state index contributed by atoms with van der Waals surface area (Å²) in [6, 6.07) is 6.29. The summed E-state index contributed by atoms with van der Waals surface area (Å²) in [7, 11) is 0. The molecule has 0 bridgehead atoms. The Kier molecular flexibility index (Phi) is 3.08. The molecule has 0 fully saturated rings. The highest BCUT2D eigenvalue weighted by atomic mass is 16.3. The Labute approximate surface area is 70.9 Å². The molecule has 0 saturated carbocycles. The van der Waals surface area contributed by atoms with E-state index in [0.717, 1.165) is 0 Å². The monoisotopic (exact) mass is 168 g/mol. The van der Waals surface area contributed by atoms with Gasteiger partial charge in [0.15, 0.2) is 0 Å². The predicted octanol–water partition coefficient (Wildman–Crippen LogP) is 0.808. The molecule has 3 nitrogen and oxygen atoms in total. The number of benzene rings is 1. The van der Waals surface area contributed by atoms with Crippen LogP contribution in [0.1, 0.15) is 18.1 Å². The van der Waals surface area contributed by atoms with E-state index in [4.69, 9.17) is 10.2 Å². The van der Waals surface area contributed by atoms with Crippen molar-refractivity contribution in [1.29, 1.82) is 0 Å². The molecule has 1 atom stereocenters. The molecular formula is C9H12O3. The van der Waals surface area contributed by atoms with Crippen LogP contribution in [0.2, 0.25) is 0 Å². The average Bonchev–Trinajstić information content (AvgIpc) is 2.06. The summed E-state index contributed by atoms with van der Waals surface area (Å²) >= 11 is 0. The van der Waals surface area contributed by atoms with Gasteiger partial charge in [-0.05, 0) is 17.7 Å². The lowest BCUT2D eigenvalue weighted by atomic mass is 10.1. The highest BCUT2D eigenvalue weighted by Crippen LogP contribution is 2.18. The molecule has 1 rings (SSSR count). The summed E-state index contributed by atoms with van der Waals surface area (Å²) < 4.78 is 0. The third-order valence-electron chi connectivity index (χ3n) is 1.68. The molecule has 1 aromatic rings. The van der Waals surface area contributed by atoms with Gasteiger partial charge in [0.25, 0.3) is 0 Å². The van der Waals surface area contributed by atoms with Crippen LogP contribution in [0.15, 0.2) is 24.3 Å². The molecule has 12 heavy (non-hydrogen) atoms. The Morgan fingerprint density at radius 3 is 2.25 bits per heavy atom. The Balaban J connectivity index is 2.68. The van der Waals surface area contributed by atoms with Crippen LogP contribution in [0.3, 0.4) is 0 Å². The maximum atomic E-state index is 9.37. The van der Waals surface area contributed by atoms with E-state index in [9.17, 15) is 5.11 Å². The number of aliphatic hydroxyl groups is 2. The normalized spacial score (nSPS) is 12.8. The molecule has 0 aromatic heterocycles. The lowest BCUT2D eigenvalue weighted by Gasteiger charge is -2.08. The lowest BCUT2D eigenvalue weighted by Crippen LogP contribution is -1.99. The lowest BCUT2D eigenvalue weighted by molar-refractivity contribution is 0.134. The van der Waals surface area contributed by atoms with Crippen molar-refractivity contribution in [2.24, 2.45) is 0 Å². The maximum absolute atomic E-state index is 9.37. The number of aliphatic hydroxyl groups excluding tert-OH is 2. The SMILES string of the molecule is OCCC(O)c1ccc(O)cc1. The minimum absolute atomic E-state index is 0.0396. The number of phenols is 1. The maximum Gasteiger partial charge on any atom is 0.115 e. The molecule has 0 spiro atoms. The molecule has 0 aliphatic heterocycles. The van der Waals surface area contributed by atoms with Crippen molar-refractivity contribution in [3.05, 3.63) is 29.8 Å². The minimum Gasteiger partial charge on any atom is -0.508 e. The first-order valence-corrected chi connectivity index (χ1v) is 3.82. The molecule has 0 saturated heterocycles. The largest absolute Gasteiger partial charge is 0.508 e. The van der Waals surface area contributed by atoms with Crippen molar-refractivity contribution < 1.29 is 15.3 Å². The highest BCUT2D eigenvalue weighted by molar-refractivity contribution is 5.27. The minimum atomic E-state index is -0.643. The second kappa shape index (κ2) is 4.09. The van der Waals surface area contributed by atoms with E-state index in [1.54, 1.807) is 12.1 Å². The zero-order valence-corrected chi connectivity index (χ0v) is 6.64. The Bertz CT molecular complexity index is 230. The van der Waals surface area contributed by atoms with E-state index in [2.05, 4.69) is 0 Å². The molecular weight excluding hydrogens is 156 g/mol. The molecule has 0 amide bonds. The van der Waals surface area contributed by atoms with Crippen LogP contribution in [-0.2, 0) is 0 Å². The van der Waals surface area contributed by atoms with Gasteiger partial charge in [0, 0.05) is 13.0 Å². The number of hydrogen-bond acceptors (Lipinski definition) is 3. The van der Waals surface area contributed by atoms with Gasteiger partial charge >= 0.3 is 0 Å². The van der Waals surface area contributed by atoms with Crippen molar-refractivity contribution >= 4 is 0 Å². The van der Waals surface area contributed by atoms with Gasteiger partial charge in [-0.25, -0.2) is 0 Å². The number of rotatable bonds is 3. The Morgan fingerprint density at radius 2 is 1.75 bits per heavy atom. The van der Waals surface area contributed by atoms with Gasteiger partial charge in [-0.3, -0.25) is 0 Å². The zero-order valence-electron chi connectivity index (χ0n) is 6.64. The first kappa shape index (κ1) is 9.03. The van der Waals surface area contributed by atoms with Gasteiger partial charge in [-0.1, -0.05) is 12.1 Å². The third-order valence-corrected chi connectivity index (χ3v) is 1.68. The fraction of sp³-hybridized carbons (Fsp3) is 0.333. The van der Waals surface area contributed by atoms with Crippen molar-refractivity contribution in [1.82, 2.24) is 0 Å². The van der Waals surface area contributed by atoms with Crippen molar-refractivity contribution in [2.75, 3.05) is 6.61 Å². The Hall–Kier alpha value is -1.06. The second-order valence-electron chi connectivity index (χ2n) is 2.62. The van der Waals surface area contributed by atoms with Crippen molar-refractivity contribution in [2.45, 2.75) is 12.5 Å². The van der Waals surface area contributed by atoms with Gasteiger partial charge in [0.05, 0.1) is 6.10 Å². The smallest absolute Gasteiger partial charge is 0.115 e. The molecule has 1 unspecified atom stereocenters. The first-order valence-electron chi connectivity index (χ1n) is 3.82. The van der Waals surface area contributed by atoms with Crippen LogP contribution in [-0.4, -0.2) is 21.9 Å². The standard InChI is InChI=1S/C9H12O3/c10-6-5-9(12)7-1-3-8(11)4-2-7/h1-4,9-12H,5-6H2. The molecule has 0 aliphatic carbocycles. The van der Waals surface area contributed by atoms with E-state index in [0.29, 0.717) is 12.0 Å². The molecule has 3 heteroatoms. The summed E-state index contributed by atoms with van der Waals surface area (Å²) in [6.45, 7) is -0.0396. The van der Waals surface area contributed by atoms with Crippen LogP contribution < -0.4 is 0 Å². The van der Waals surface area contributed by atoms with E-state index < -0.39 is 6.10 Å². The van der Waals surface area contributed by atoms with Gasteiger partial charge in [0.2, 0.25) is 0 Å². The summed E-state index contributed by atoms with van der Waals surface area (Å²) in [4.78, 5) is 0. The number of aromatic hydroxyl groups is 1. The summed E-state index contributed by atoms with van der Waals surface area (Å²) in [5, 5.41) is 26.9. The van der Waals surface area contributed by atoms with Gasteiger partial charge < -0.3 is 15.3 Å². The van der Waals surface area contributed by atoms with Crippen LogP contribution >= 0.6 is 0 Å². The fourth-order valence-electron chi connectivity index (χ4n) is 0.985. The number of hydrogen-bond donors (Lipinski definition) is 3. The first-order chi connectivity index (χ1) is 5.74. The molecule has 66 valence electrons. The topological polar surface area (TPSA) is 60.7 Å². The predicted molar refractivity (Wildman–Crippen MR) is 44.8 cm³/mol. The quantitative estimate of drug-likeness (QED) is 0.625. The van der Waals surface area contributed by atoms with Crippen LogP contribution in [0.5, 0.6) is 5.75 Å². The van der Waals surface area contributed by atoms with Gasteiger partial charge in [0.1, 0.15) is 5.75 Å². The van der Waals surface area contributed by atoms with Crippen molar-refractivity contribution in [3.8, 4) is 5.75 Å². The van der Waals surface area contributed by atoms with E-state index in [-0.39, 0.29) is 12.4 Å². The number of phenolic OH excluding ortho intramolecular Hbond substituents is 1. The van der Waals surface area contributed by atoms with Crippen molar-refractivity contribution in [3.63, 3.8) is 0 Å². The zero-order chi connectivity index (χ0) is 8.97. The summed E-state index contributed by atoms with van der Waals surface area (Å²) in [6.07, 6.45) is -0.319. The molecule has 1 aromatic carbocycles. The van der Waals surface area contributed by atoms with Gasteiger partial charge in [-0.2, -0.15) is 0 Å².